The number of carbonyl (C=O) groups excluding carboxylic acids is 11. The van der Waals surface area contributed by atoms with Crippen molar-refractivity contribution in [1.82, 2.24) is 70.5 Å². The maximum atomic E-state index is 15.3. The summed E-state index contributed by atoms with van der Waals surface area (Å²) < 4.78 is 13.5. The van der Waals surface area contributed by atoms with Crippen molar-refractivity contribution in [3.05, 3.63) is 0 Å². The molecule has 0 spiro atoms. The number of aliphatic hydroxyl groups is 1. The SMILES string of the molecule is CC[C@@H]1NC(=O)[C@H]([C@H](O)[C@H](C)CCCCSc2nnnn2C)NC(=O)[C@H](C(C)C)N(C)C(=O)[C@H](CC(C)C)N(C)C(=O)[C@H](CC(C)C)N(C)C(=O)[C@@H](C)NC(=O)[C@H](C)CC(=O)[C@H](CC(C)C)N(C)C(=O)[C@H](C(C)C)CC(=O)[C@H]([C@@H](C)OCCCCN2CCOCC2)N(C)C(=O)[C@@H](C)N(C)C1=O. The van der Waals surface area contributed by atoms with Gasteiger partial charge in [0.25, 0.3) is 0 Å². The van der Waals surface area contributed by atoms with Crippen LogP contribution in [0.15, 0.2) is 5.16 Å². The van der Waals surface area contributed by atoms with E-state index < -0.39 is 161 Å². The van der Waals surface area contributed by atoms with Gasteiger partial charge >= 0.3 is 0 Å². The smallest absolute Gasteiger partial charge is 0.245 e. The van der Waals surface area contributed by atoms with Crippen molar-refractivity contribution >= 4 is 76.5 Å². The first kappa shape index (κ1) is 89.0. The quantitative estimate of drug-likeness (QED) is 0.0818. The molecule has 2 aliphatic rings. The molecule has 4 N–H and O–H groups in total. The van der Waals surface area contributed by atoms with Crippen LogP contribution in [0, 0.1) is 47.3 Å². The van der Waals surface area contributed by atoms with E-state index in [1.54, 1.807) is 67.1 Å². The summed E-state index contributed by atoms with van der Waals surface area (Å²) in [4.78, 5) is 174. The number of hydrogen-bond donors (Lipinski definition) is 4. The molecule has 29 heteroatoms. The molecule has 9 amide bonds. The third-order valence-electron chi connectivity index (χ3n) is 19.9. The minimum atomic E-state index is -1.71. The second-order valence-corrected chi connectivity index (χ2v) is 31.4. The monoisotopic (exact) mass is 1440 g/mol. The van der Waals surface area contributed by atoms with E-state index in [1.165, 1.54) is 92.4 Å². The van der Waals surface area contributed by atoms with E-state index in [1.807, 2.05) is 41.5 Å². The zero-order valence-electron chi connectivity index (χ0n) is 65.3. The number of nitrogens with zero attached hydrogens (tertiary/aromatic N) is 11. The van der Waals surface area contributed by atoms with Crippen LogP contribution in [-0.2, 0) is 69.3 Å². The number of aliphatic hydroxyl groups excluding tert-OH is 1. The van der Waals surface area contributed by atoms with Gasteiger partial charge in [0.2, 0.25) is 58.3 Å². The van der Waals surface area contributed by atoms with Crippen molar-refractivity contribution in [2.75, 3.05) is 87.5 Å². The molecular weight excluding hydrogens is 1320 g/mol. The summed E-state index contributed by atoms with van der Waals surface area (Å²) in [7, 11) is 10.4. The number of carbonyl (C=O) groups is 11. The van der Waals surface area contributed by atoms with Gasteiger partial charge in [0.1, 0.15) is 48.3 Å². The van der Waals surface area contributed by atoms with Crippen LogP contribution >= 0.6 is 11.8 Å². The number of aromatic nitrogens is 4. The second kappa shape index (κ2) is 42.6. The standard InChI is InChI=1S/C72H128N14O14S/c1-24-53-69(96)79(17)50(15)67(94)84(22)61(51(16)100-33-27-26-30-86-31-34-99-35-32-86)58(88)41-52(45(8)9)68(95)80(18)54(37-42(2)3)57(87)40-48(13)63(90)73-49(14)66(93)81(19)55(38-43(4)5)70(97)82(20)56(39-44(6)7)71(98)83(21)60(46(10)11)65(92)75-59(64(91)74-53)62(89)47(12)29-25-28-36-101-72-76-77-78-85(72)23/h42-56,59-62,89H,24-41H2,1-23H3,(H,73,90)(H,74,91)(H,75,92)/t47-,48-,49-,50-,51-,52+,53+,54+,55+,56+,59+,60+,61+,62-/m1/s1. The number of unbranched alkanes of at least 4 members (excludes halogenated alkanes) is 2. The van der Waals surface area contributed by atoms with Crippen molar-refractivity contribution in [1.29, 1.82) is 0 Å². The molecule has 2 aliphatic heterocycles. The maximum Gasteiger partial charge on any atom is 0.245 e. The Morgan fingerprint density at radius 1 is 0.564 bits per heavy atom. The van der Waals surface area contributed by atoms with Crippen LogP contribution in [0.4, 0.5) is 0 Å². The molecule has 14 atom stereocenters. The zero-order valence-corrected chi connectivity index (χ0v) is 66.1. The van der Waals surface area contributed by atoms with Gasteiger partial charge in [0.05, 0.1) is 31.5 Å². The Morgan fingerprint density at radius 2 is 1.11 bits per heavy atom. The average Bonchev–Trinajstić information content (AvgIpc) is 1.07. The van der Waals surface area contributed by atoms with Crippen molar-refractivity contribution in [2.24, 2.45) is 54.4 Å². The highest BCUT2D eigenvalue weighted by molar-refractivity contribution is 7.99. The van der Waals surface area contributed by atoms with Gasteiger partial charge in [-0.05, 0) is 125 Å². The number of amides is 9. The van der Waals surface area contributed by atoms with Gasteiger partial charge in [-0.1, -0.05) is 108 Å². The van der Waals surface area contributed by atoms with Gasteiger partial charge in [-0.15, -0.1) is 5.10 Å². The van der Waals surface area contributed by atoms with Gasteiger partial charge in [-0.25, -0.2) is 4.68 Å². The third kappa shape index (κ3) is 26.2. The first-order valence-corrected chi connectivity index (χ1v) is 37.7. The number of nitrogens with one attached hydrogen (secondary N) is 3. The van der Waals surface area contributed by atoms with E-state index in [-0.39, 0.29) is 62.9 Å². The molecule has 1 aromatic rings. The maximum absolute atomic E-state index is 15.3. The number of thioether (sulfide) groups is 1. The Hall–Kier alpha value is -6.17. The summed E-state index contributed by atoms with van der Waals surface area (Å²) >= 11 is 1.46. The van der Waals surface area contributed by atoms with Crippen LogP contribution in [-0.4, -0.2) is 278 Å². The zero-order chi connectivity index (χ0) is 76.6. The fourth-order valence-corrected chi connectivity index (χ4v) is 14.2. The second-order valence-electron chi connectivity index (χ2n) is 30.4. The van der Waals surface area contributed by atoms with Crippen molar-refractivity contribution in [3.63, 3.8) is 0 Å². The molecule has 2 saturated heterocycles. The average molecular weight is 1450 g/mol. The number of morpholine rings is 1. The molecule has 0 radical (unpaired) electrons. The number of hydrogen-bond acceptors (Lipinski definition) is 19. The van der Waals surface area contributed by atoms with Crippen molar-refractivity contribution < 1.29 is 67.3 Å². The van der Waals surface area contributed by atoms with E-state index in [9.17, 15) is 24.3 Å². The number of Topliss-reactive ketones (excluding diaryl/α,β-unsaturated/α-hetero) is 2. The first-order valence-electron chi connectivity index (χ1n) is 36.7. The van der Waals surface area contributed by atoms with Crippen LogP contribution < -0.4 is 16.0 Å². The molecule has 0 aliphatic carbocycles. The summed E-state index contributed by atoms with van der Waals surface area (Å²) in [5.74, 6) is -10.5. The Kier molecular flexibility index (Phi) is 37.5. The number of tetrazole rings is 1. The lowest BCUT2D eigenvalue weighted by Gasteiger charge is -2.40. The minimum Gasteiger partial charge on any atom is -0.390 e. The summed E-state index contributed by atoms with van der Waals surface area (Å²) in [5.41, 5.74) is 0. The van der Waals surface area contributed by atoms with Crippen LogP contribution in [0.25, 0.3) is 0 Å². The highest BCUT2D eigenvalue weighted by Crippen LogP contribution is 2.29. The molecule has 0 aromatic carbocycles. The molecule has 28 nitrogen and oxygen atoms in total. The molecule has 3 heterocycles. The first-order chi connectivity index (χ1) is 47.2. The van der Waals surface area contributed by atoms with Gasteiger partial charge in [-0.3, -0.25) is 57.6 Å². The fourth-order valence-electron chi connectivity index (χ4n) is 13.3. The van der Waals surface area contributed by atoms with Gasteiger partial charge < -0.3 is 59.9 Å². The predicted molar refractivity (Wildman–Crippen MR) is 387 cm³/mol. The minimum absolute atomic E-state index is 0.0126. The van der Waals surface area contributed by atoms with Gasteiger partial charge in [0, 0.05) is 99.5 Å². The number of ether oxygens (including phenoxy) is 2. The molecule has 0 unspecified atom stereocenters. The lowest BCUT2D eigenvalue weighted by atomic mass is 9.85. The van der Waals surface area contributed by atoms with Crippen molar-refractivity contribution in [3.8, 4) is 0 Å². The lowest BCUT2D eigenvalue weighted by Crippen LogP contribution is -2.63. The molecule has 0 saturated carbocycles. The number of likely N-dealkylation sites (N-methyl/N-ethyl adjacent to an activating group) is 6. The Balaban J connectivity index is 2.28. The number of ketones is 2. The largest absolute Gasteiger partial charge is 0.390 e. The summed E-state index contributed by atoms with van der Waals surface area (Å²) in [6.45, 7) is 31.9. The van der Waals surface area contributed by atoms with Crippen LogP contribution in [0.3, 0.4) is 0 Å². The van der Waals surface area contributed by atoms with Gasteiger partial charge in [0.15, 0.2) is 11.6 Å². The van der Waals surface area contributed by atoms with Crippen molar-refractivity contribution in [2.45, 2.75) is 253 Å². The van der Waals surface area contributed by atoms with E-state index in [0.717, 1.165) is 31.0 Å². The molecule has 1 aromatic heterocycles. The predicted octanol–water partition coefficient (Wildman–Crippen LogP) is 4.49. The molecular formula is C72H128N14O14S. The molecule has 2 fully saturated rings. The third-order valence-corrected chi connectivity index (χ3v) is 21.0. The normalized spacial score (nSPS) is 26.6. The highest BCUT2D eigenvalue weighted by Gasteiger charge is 2.45. The van der Waals surface area contributed by atoms with E-state index in [0.29, 0.717) is 49.8 Å². The summed E-state index contributed by atoms with van der Waals surface area (Å²) in [6, 6.07) is -11.4. The fraction of sp³-hybridized carbons (Fsp3) is 0.833. The van der Waals surface area contributed by atoms with Crippen LogP contribution in [0.1, 0.15) is 181 Å². The lowest BCUT2D eigenvalue weighted by molar-refractivity contribution is -0.154. The Morgan fingerprint density at radius 3 is 1.64 bits per heavy atom. The summed E-state index contributed by atoms with van der Waals surface area (Å²) in [5, 5.41) is 32.9. The number of aryl methyl sites for hydroxylation is 1. The van der Waals surface area contributed by atoms with E-state index >= 15 is 33.6 Å². The van der Waals surface area contributed by atoms with Gasteiger partial charge in [-0.2, -0.15) is 0 Å². The topological polar surface area (TPSA) is 329 Å². The van der Waals surface area contributed by atoms with Crippen LogP contribution in [0.5, 0.6) is 0 Å². The molecule has 3 rings (SSSR count). The molecule has 576 valence electrons. The van der Waals surface area contributed by atoms with E-state index in [2.05, 4.69) is 36.4 Å². The molecule has 0 bridgehead atoms. The highest BCUT2D eigenvalue weighted by atomic mass is 32.2. The Bertz CT molecular complexity index is 2870. The molecule has 101 heavy (non-hydrogen) atoms. The van der Waals surface area contributed by atoms with E-state index in [4.69, 9.17) is 9.47 Å². The Labute approximate surface area is 606 Å². The number of rotatable bonds is 24. The van der Waals surface area contributed by atoms with Crippen LogP contribution in [0.2, 0.25) is 0 Å². The summed E-state index contributed by atoms with van der Waals surface area (Å²) in [6.07, 6.45) is 0.418.